The molecule has 0 fully saturated rings. The van der Waals surface area contributed by atoms with E-state index in [1.165, 1.54) is 0 Å². The van der Waals surface area contributed by atoms with Crippen molar-refractivity contribution in [2.45, 2.75) is 0 Å². The van der Waals surface area contributed by atoms with Gasteiger partial charge in [-0.2, -0.15) is 10.5 Å². The van der Waals surface area contributed by atoms with Crippen LogP contribution in [-0.4, -0.2) is 0 Å². The zero-order valence-electron chi connectivity index (χ0n) is 10.5. The van der Waals surface area contributed by atoms with E-state index in [1.54, 1.807) is 18.2 Å². The number of nitriles is 2. The molecule has 8 heteroatoms. The summed E-state index contributed by atoms with van der Waals surface area (Å²) in [7, 11) is 0. The second-order valence-corrected chi connectivity index (χ2v) is 6.46. The molecule has 0 radical (unpaired) electrons. The molecule has 3 nitrogen and oxygen atoms in total. The lowest BCUT2D eigenvalue weighted by Crippen LogP contribution is -1.99. The fourth-order valence-corrected chi connectivity index (χ4v) is 3.28. The van der Waals surface area contributed by atoms with E-state index >= 15 is 0 Å². The van der Waals surface area contributed by atoms with Crippen molar-refractivity contribution in [1.29, 1.82) is 10.5 Å². The van der Waals surface area contributed by atoms with Gasteiger partial charge < -0.3 is 5.32 Å². The standard InChI is InChI=1S/C14H4BrCl4N3/c15-9-3-6(16)1-2-10(9)22-14-8(5-21)11(17)7(4-20)12(18)13(14)19/h1-3,22H. The van der Waals surface area contributed by atoms with E-state index in [0.29, 0.717) is 15.2 Å². The quantitative estimate of drug-likeness (QED) is 0.544. The summed E-state index contributed by atoms with van der Waals surface area (Å²) in [5.41, 5.74) is 0.834. The fourth-order valence-electron chi connectivity index (χ4n) is 1.71. The summed E-state index contributed by atoms with van der Waals surface area (Å²) in [5.74, 6) is 0. The van der Waals surface area contributed by atoms with Crippen molar-refractivity contribution in [3.63, 3.8) is 0 Å². The van der Waals surface area contributed by atoms with Gasteiger partial charge >= 0.3 is 0 Å². The molecule has 0 unspecified atom stereocenters. The lowest BCUT2D eigenvalue weighted by Gasteiger charge is -2.15. The maximum atomic E-state index is 9.31. The smallest absolute Gasteiger partial charge is 0.103 e. The van der Waals surface area contributed by atoms with Crippen LogP contribution in [0.5, 0.6) is 0 Å². The topological polar surface area (TPSA) is 59.6 Å². The van der Waals surface area contributed by atoms with Crippen molar-refractivity contribution in [1.82, 2.24) is 0 Å². The fraction of sp³-hybridized carbons (Fsp3) is 0. The minimum Gasteiger partial charge on any atom is -0.352 e. The van der Waals surface area contributed by atoms with E-state index in [1.807, 2.05) is 12.1 Å². The van der Waals surface area contributed by atoms with Crippen molar-refractivity contribution in [3.05, 3.63) is 53.9 Å². The van der Waals surface area contributed by atoms with Gasteiger partial charge in [-0.3, -0.25) is 0 Å². The molecule has 2 aromatic rings. The Bertz CT molecular complexity index is 853. The summed E-state index contributed by atoms with van der Waals surface area (Å²) in [6.07, 6.45) is 0. The van der Waals surface area contributed by atoms with Gasteiger partial charge in [0.15, 0.2) is 0 Å². The molecule has 0 aromatic heterocycles. The molecule has 0 saturated heterocycles. The van der Waals surface area contributed by atoms with Gasteiger partial charge in [-0.1, -0.05) is 46.4 Å². The molecule has 0 atom stereocenters. The molecule has 0 aliphatic heterocycles. The largest absolute Gasteiger partial charge is 0.352 e. The molecule has 0 heterocycles. The van der Waals surface area contributed by atoms with Gasteiger partial charge in [0.25, 0.3) is 0 Å². The van der Waals surface area contributed by atoms with Gasteiger partial charge in [-0.05, 0) is 34.1 Å². The zero-order chi connectivity index (χ0) is 16.4. The Morgan fingerprint density at radius 1 is 0.909 bits per heavy atom. The zero-order valence-corrected chi connectivity index (χ0v) is 15.1. The Morgan fingerprint density at radius 2 is 1.55 bits per heavy atom. The molecule has 0 aliphatic carbocycles. The van der Waals surface area contributed by atoms with Crippen molar-refractivity contribution in [3.8, 4) is 12.1 Å². The lowest BCUT2D eigenvalue weighted by molar-refractivity contribution is 1.43. The van der Waals surface area contributed by atoms with E-state index in [0.717, 1.165) is 0 Å². The van der Waals surface area contributed by atoms with Crippen molar-refractivity contribution >= 4 is 73.7 Å². The highest BCUT2D eigenvalue weighted by Gasteiger charge is 2.22. The molecule has 22 heavy (non-hydrogen) atoms. The first-order chi connectivity index (χ1) is 10.4. The third kappa shape index (κ3) is 3.13. The Labute approximate surface area is 155 Å². The third-order valence-corrected chi connectivity index (χ3v) is 4.86. The van der Waals surface area contributed by atoms with Crippen molar-refractivity contribution < 1.29 is 0 Å². The normalized spacial score (nSPS) is 9.95. The predicted octanol–water partition coefficient (Wildman–Crippen LogP) is 6.55. The van der Waals surface area contributed by atoms with Crippen LogP contribution < -0.4 is 5.32 Å². The van der Waals surface area contributed by atoms with Crippen LogP contribution in [0, 0.1) is 22.7 Å². The van der Waals surface area contributed by atoms with Gasteiger partial charge in [-0.15, -0.1) is 0 Å². The number of anilines is 2. The Hall–Kier alpha value is -1.14. The summed E-state index contributed by atoms with van der Waals surface area (Å²) in [5, 5.41) is 21.9. The maximum Gasteiger partial charge on any atom is 0.103 e. The van der Waals surface area contributed by atoms with Gasteiger partial charge in [0.2, 0.25) is 0 Å². The molecular formula is C14H4BrCl4N3. The second kappa shape index (κ2) is 6.96. The molecule has 0 saturated carbocycles. The van der Waals surface area contributed by atoms with Crippen LogP contribution in [0.25, 0.3) is 0 Å². The van der Waals surface area contributed by atoms with Gasteiger partial charge in [0.05, 0.1) is 37.6 Å². The van der Waals surface area contributed by atoms with Crippen LogP contribution in [0.1, 0.15) is 11.1 Å². The summed E-state index contributed by atoms with van der Waals surface area (Å²) < 4.78 is 0.663. The van der Waals surface area contributed by atoms with Crippen molar-refractivity contribution in [2.24, 2.45) is 0 Å². The molecule has 0 amide bonds. The summed E-state index contributed by atoms with van der Waals surface area (Å²) >= 11 is 27.5. The van der Waals surface area contributed by atoms with Crippen LogP contribution in [0.4, 0.5) is 11.4 Å². The first kappa shape index (κ1) is 17.2. The van der Waals surface area contributed by atoms with Crippen LogP contribution in [0.15, 0.2) is 22.7 Å². The molecule has 0 spiro atoms. The molecule has 0 bridgehead atoms. The molecule has 1 N–H and O–H groups in total. The van der Waals surface area contributed by atoms with Crippen LogP contribution in [0.2, 0.25) is 20.1 Å². The van der Waals surface area contributed by atoms with Gasteiger partial charge in [-0.25, -0.2) is 0 Å². The molecule has 110 valence electrons. The highest BCUT2D eigenvalue weighted by Crippen LogP contribution is 2.43. The summed E-state index contributed by atoms with van der Waals surface area (Å²) in [6.45, 7) is 0. The minimum absolute atomic E-state index is 0.0132. The van der Waals surface area contributed by atoms with E-state index in [9.17, 15) is 5.26 Å². The summed E-state index contributed by atoms with van der Waals surface area (Å²) in [6, 6.07) is 8.81. The van der Waals surface area contributed by atoms with Crippen molar-refractivity contribution in [2.75, 3.05) is 5.32 Å². The van der Waals surface area contributed by atoms with Gasteiger partial charge in [0, 0.05) is 9.50 Å². The minimum atomic E-state index is -0.0491. The number of hydrogen-bond donors (Lipinski definition) is 1. The Balaban J connectivity index is 2.66. The first-order valence-corrected chi connectivity index (χ1v) is 7.94. The van der Waals surface area contributed by atoms with Crippen LogP contribution in [0.3, 0.4) is 0 Å². The Morgan fingerprint density at radius 3 is 2.09 bits per heavy atom. The molecular weight excluding hydrogens is 432 g/mol. The number of nitrogens with zero attached hydrogens (tertiary/aromatic N) is 2. The predicted molar refractivity (Wildman–Crippen MR) is 93.3 cm³/mol. The van der Waals surface area contributed by atoms with Crippen LogP contribution >= 0.6 is 62.3 Å². The highest BCUT2D eigenvalue weighted by atomic mass is 79.9. The van der Waals surface area contributed by atoms with E-state index in [2.05, 4.69) is 21.2 Å². The average Bonchev–Trinajstić information content (AvgIpc) is 2.48. The van der Waals surface area contributed by atoms with Gasteiger partial charge in [0.1, 0.15) is 12.1 Å². The highest BCUT2D eigenvalue weighted by molar-refractivity contribution is 9.10. The van der Waals surface area contributed by atoms with E-state index in [4.69, 9.17) is 51.7 Å². The lowest BCUT2D eigenvalue weighted by atomic mass is 10.1. The SMILES string of the molecule is N#Cc1c(Cl)c(Cl)c(Nc2ccc(Cl)cc2Br)c(C#N)c1Cl. The first-order valence-electron chi connectivity index (χ1n) is 5.63. The summed E-state index contributed by atoms with van der Waals surface area (Å²) in [4.78, 5) is 0. The molecule has 2 rings (SSSR count). The number of hydrogen-bond acceptors (Lipinski definition) is 3. The number of halogens is 5. The second-order valence-electron chi connectivity index (χ2n) is 4.04. The number of rotatable bonds is 2. The molecule has 0 aliphatic rings. The average molecular weight is 436 g/mol. The number of benzene rings is 2. The third-order valence-electron chi connectivity index (χ3n) is 2.74. The van der Waals surface area contributed by atoms with Crippen LogP contribution in [-0.2, 0) is 0 Å². The monoisotopic (exact) mass is 433 g/mol. The Kier molecular flexibility index (Phi) is 5.45. The van der Waals surface area contributed by atoms with E-state index < -0.39 is 0 Å². The maximum absolute atomic E-state index is 9.31. The number of nitrogens with one attached hydrogen (secondary N) is 1. The van der Waals surface area contributed by atoms with E-state index in [-0.39, 0.29) is 31.9 Å². The molecule has 2 aromatic carbocycles.